The predicted molar refractivity (Wildman–Crippen MR) is 99.5 cm³/mol. The molecule has 0 unspecified atom stereocenters. The van der Waals surface area contributed by atoms with Crippen molar-refractivity contribution in [2.75, 3.05) is 23.0 Å². The molecule has 0 saturated heterocycles. The lowest BCUT2D eigenvalue weighted by atomic mass is 10.1. The Hall–Kier alpha value is -3.08. The van der Waals surface area contributed by atoms with E-state index in [-0.39, 0.29) is 0 Å². The summed E-state index contributed by atoms with van der Waals surface area (Å²) < 4.78 is 0. The number of anilines is 4. The average molecular weight is 319 g/mol. The quantitative estimate of drug-likeness (QED) is 0.750. The average Bonchev–Trinajstić information content (AvgIpc) is 2.62. The summed E-state index contributed by atoms with van der Waals surface area (Å²) in [6, 6.07) is 18.4. The Balaban J connectivity index is 1.79. The normalized spacial score (nSPS) is 10.4. The second-order valence-corrected chi connectivity index (χ2v) is 5.69. The van der Waals surface area contributed by atoms with E-state index in [1.807, 2.05) is 42.3 Å². The van der Waals surface area contributed by atoms with Crippen LogP contribution < -0.4 is 16.0 Å². The zero-order chi connectivity index (χ0) is 16.9. The van der Waals surface area contributed by atoms with Crippen LogP contribution in [-0.4, -0.2) is 17.0 Å². The Morgan fingerprint density at radius 2 is 1.71 bits per heavy atom. The SMILES string of the molecule is Cc1ccc(CNc2ncnc(N(C)c3ccccc3)c2N)cc1. The Kier molecular flexibility index (Phi) is 4.61. The zero-order valence-corrected chi connectivity index (χ0v) is 13.9. The third-order valence-electron chi connectivity index (χ3n) is 3.90. The number of hydrogen-bond donors (Lipinski definition) is 2. The molecule has 0 amide bonds. The van der Waals surface area contributed by atoms with Crippen LogP contribution in [-0.2, 0) is 6.54 Å². The van der Waals surface area contributed by atoms with Gasteiger partial charge in [-0.3, -0.25) is 0 Å². The highest BCUT2D eigenvalue weighted by Gasteiger charge is 2.13. The lowest BCUT2D eigenvalue weighted by Crippen LogP contribution is -2.15. The molecular weight excluding hydrogens is 298 g/mol. The van der Waals surface area contributed by atoms with Gasteiger partial charge < -0.3 is 16.0 Å². The molecule has 2 aromatic carbocycles. The largest absolute Gasteiger partial charge is 0.393 e. The highest BCUT2D eigenvalue weighted by atomic mass is 15.2. The summed E-state index contributed by atoms with van der Waals surface area (Å²) in [5.41, 5.74) is 10.3. The molecule has 0 aliphatic heterocycles. The van der Waals surface area contributed by atoms with E-state index in [9.17, 15) is 0 Å². The molecule has 3 rings (SSSR count). The van der Waals surface area contributed by atoms with Crippen molar-refractivity contribution in [1.29, 1.82) is 0 Å². The summed E-state index contributed by atoms with van der Waals surface area (Å²) >= 11 is 0. The van der Waals surface area contributed by atoms with Gasteiger partial charge in [-0.2, -0.15) is 0 Å². The minimum Gasteiger partial charge on any atom is -0.393 e. The first-order chi connectivity index (χ1) is 11.6. The minimum atomic E-state index is 0.538. The van der Waals surface area contributed by atoms with Crippen LogP contribution in [0, 0.1) is 6.92 Å². The third-order valence-corrected chi connectivity index (χ3v) is 3.90. The number of aryl methyl sites for hydroxylation is 1. The van der Waals surface area contributed by atoms with E-state index >= 15 is 0 Å². The molecule has 24 heavy (non-hydrogen) atoms. The fourth-order valence-electron chi connectivity index (χ4n) is 2.46. The molecule has 122 valence electrons. The molecule has 0 radical (unpaired) electrons. The number of rotatable bonds is 5. The van der Waals surface area contributed by atoms with Gasteiger partial charge >= 0.3 is 0 Å². The van der Waals surface area contributed by atoms with Crippen LogP contribution in [0.4, 0.5) is 23.0 Å². The molecule has 3 N–H and O–H groups in total. The van der Waals surface area contributed by atoms with Crippen molar-refractivity contribution in [1.82, 2.24) is 9.97 Å². The van der Waals surface area contributed by atoms with E-state index in [4.69, 9.17) is 5.73 Å². The summed E-state index contributed by atoms with van der Waals surface area (Å²) in [4.78, 5) is 10.6. The topological polar surface area (TPSA) is 67.1 Å². The highest BCUT2D eigenvalue weighted by Crippen LogP contribution is 2.30. The Bertz CT molecular complexity index is 800. The van der Waals surface area contributed by atoms with Gasteiger partial charge in [-0.25, -0.2) is 9.97 Å². The first-order valence-electron chi connectivity index (χ1n) is 7.84. The minimum absolute atomic E-state index is 0.538. The van der Waals surface area contributed by atoms with E-state index < -0.39 is 0 Å². The molecule has 1 heterocycles. The number of para-hydroxylation sites is 1. The maximum Gasteiger partial charge on any atom is 0.161 e. The van der Waals surface area contributed by atoms with Gasteiger partial charge in [-0.05, 0) is 24.6 Å². The first kappa shape index (κ1) is 15.8. The maximum absolute atomic E-state index is 6.28. The number of nitrogens with one attached hydrogen (secondary N) is 1. The maximum atomic E-state index is 6.28. The highest BCUT2D eigenvalue weighted by molar-refractivity contribution is 5.78. The van der Waals surface area contributed by atoms with Crippen molar-refractivity contribution in [2.45, 2.75) is 13.5 Å². The van der Waals surface area contributed by atoms with Gasteiger partial charge in [0.2, 0.25) is 0 Å². The molecule has 0 aliphatic rings. The van der Waals surface area contributed by atoms with Crippen LogP contribution in [0.1, 0.15) is 11.1 Å². The van der Waals surface area contributed by atoms with Gasteiger partial charge in [0, 0.05) is 19.3 Å². The van der Waals surface area contributed by atoms with Gasteiger partial charge in [-0.1, -0.05) is 48.0 Å². The standard InChI is InChI=1S/C19H21N5/c1-14-8-10-15(11-9-14)12-21-18-17(20)19(23-13-22-18)24(2)16-6-4-3-5-7-16/h3-11,13H,12,20H2,1-2H3,(H,21,22,23). The van der Waals surface area contributed by atoms with Gasteiger partial charge in [0.05, 0.1) is 0 Å². The van der Waals surface area contributed by atoms with Crippen molar-refractivity contribution in [3.63, 3.8) is 0 Å². The Morgan fingerprint density at radius 1 is 1.00 bits per heavy atom. The molecule has 0 fully saturated rings. The van der Waals surface area contributed by atoms with Crippen molar-refractivity contribution >= 4 is 23.0 Å². The summed E-state index contributed by atoms with van der Waals surface area (Å²) in [5.74, 6) is 1.32. The predicted octanol–water partition coefficient (Wildman–Crippen LogP) is 3.75. The number of benzene rings is 2. The summed E-state index contributed by atoms with van der Waals surface area (Å²) in [5, 5.41) is 3.29. The fraction of sp³-hybridized carbons (Fsp3) is 0.158. The van der Waals surface area contributed by atoms with Gasteiger partial charge in [0.25, 0.3) is 0 Å². The number of nitrogens with two attached hydrogens (primary N) is 1. The molecular formula is C19H21N5. The van der Waals surface area contributed by atoms with E-state index in [0.29, 0.717) is 23.9 Å². The van der Waals surface area contributed by atoms with Gasteiger partial charge in [-0.15, -0.1) is 0 Å². The third kappa shape index (κ3) is 3.46. The molecule has 0 bridgehead atoms. The molecule has 5 nitrogen and oxygen atoms in total. The number of aromatic nitrogens is 2. The fourth-order valence-corrected chi connectivity index (χ4v) is 2.46. The summed E-state index contributed by atoms with van der Waals surface area (Å²) in [7, 11) is 1.94. The van der Waals surface area contributed by atoms with Crippen LogP contribution in [0.25, 0.3) is 0 Å². The number of nitrogens with zero attached hydrogens (tertiary/aromatic N) is 3. The zero-order valence-electron chi connectivity index (χ0n) is 13.9. The lowest BCUT2D eigenvalue weighted by Gasteiger charge is -2.21. The Morgan fingerprint density at radius 3 is 2.42 bits per heavy atom. The van der Waals surface area contributed by atoms with Crippen LogP contribution in [0.3, 0.4) is 0 Å². The van der Waals surface area contributed by atoms with Crippen LogP contribution in [0.5, 0.6) is 0 Å². The van der Waals surface area contributed by atoms with Crippen molar-refractivity contribution < 1.29 is 0 Å². The summed E-state index contributed by atoms with van der Waals surface area (Å²) in [6.45, 7) is 2.74. The second kappa shape index (κ2) is 7.00. The first-order valence-corrected chi connectivity index (χ1v) is 7.84. The second-order valence-electron chi connectivity index (χ2n) is 5.69. The Labute approximate surface area is 142 Å². The van der Waals surface area contributed by atoms with E-state index in [0.717, 1.165) is 5.69 Å². The van der Waals surface area contributed by atoms with Crippen molar-refractivity contribution in [3.8, 4) is 0 Å². The molecule has 0 aliphatic carbocycles. The van der Waals surface area contributed by atoms with Crippen molar-refractivity contribution in [2.24, 2.45) is 0 Å². The van der Waals surface area contributed by atoms with Gasteiger partial charge in [0.1, 0.15) is 12.0 Å². The van der Waals surface area contributed by atoms with Gasteiger partial charge in [0.15, 0.2) is 11.6 Å². The number of nitrogen functional groups attached to an aromatic ring is 1. The molecule has 0 spiro atoms. The van der Waals surface area contributed by atoms with Crippen LogP contribution in [0.2, 0.25) is 0 Å². The number of hydrogen-bond acceptors (Lipinski definition) is 5. The molecule has 0 atom stereocenters. The molecule has 1 aromatic heterocycles. The summed E-state index contributed by atoms with van der Waals surface area (Å²) in [6.07, 6.45) is 1.53. The monoisotopic (exact) mass is 319 g/mol. The van der Waals surface area contributed by atoms with Crippen LogP contribution in [0.15, 0.2) is 60.9 Å². The molecule has 0 saturated carbocycles. The molecule has 3 aromatic rings. The molecule has 5 heteroatoms. The van der Waals surface area contributed by atoms with E-state index in [1.54, 1.807) is 0 Å². The van der Waals surface area contributed by atoms with E-state index in [1.165, 1.54) is 17.5 Å². The lowest BCUT2D eigenvalue weighted by molar-refractivity contribution is 1.05. The van der Waals surface area contributed by atoms with Crippen molar-refractivity contribution in [3.05, 3.63) is 72.1 Å². The smallest absolute Gasteiger partial charge is 0.161 e. The van der Waals surface area contributed by atoms with Crippen LogP contribution >= 0.6 is 0 Å². The van der Waals surface area contributed by atoms with E-state index in [2.05, 4.69) is 46.5 Å².